The molecule has 0 radical (unpaired) electrons. The highest BCUT2D eigenvalue weighted by Crippen LogP contribution is 2.32. The number of hydrogen-bond donors (Lipinski definition) is 1. The van der Waals surface area contributed by atoms with Crippen LogP contribution in [-0.4, -0.2) is 24.2 Å². The summed E-state index contributed by atoms with van der Waals surface area (Å²) in [5.74, 6) is 1.05. The van der Waals surface area contributed by atoms with Crippen LogP contribution in [-0.2, 0) is 7.05 Å². The van der Waals surface area contributed by atoms with Crippen LogP contribution < -0.4 is 14.8 Å². The summed E-state index contributed by atoms with van der Waals surface area (Å²) in [5, 5.41) is 3.79. The van der Waals surface area contributed by atoms with Crippen LogP contribution in [0, 0.1) is 0 Å². The molecular formula is C19H20N2O3. The molecule has 5 heteroatoms. The van der Waals surface area contributed by atoms with Gasteiger partial charge in [-0.3, -0.25) is 4.79 Å². The van der Waals surface area contributed by atoms with Gasteiger partial charge in [0.1, 0.15) is 11.3 Å². The van der Waals surface area contributed by atoms with Crippen molar-refractivity contribution in [2.75, 3.05) is 19.0 Å². The van der Waals surface area contributed by atoms with Crippen LogP contribution in [0.5, 0.6) is 11.6 Å². The third-order valence-corrected chi connectivity index (χ3v) is 3.89. The van der Waals surface area contributed by atoms with Crippen LogP contribution in [0.25, 0.3) is 10.9 Å². The van der Waals surface area contributed by atoms with Gasteiger partial charge in [0.05, 0.1) is 19.2 Å². The van der Waals surface area contributed by atoms with Gasteiger partial charge in [-0.2, -0.15) is 0 Å². The van der Waals surface area contributed by atoms with Crippen molar-refractivity contribution in [3.8, 4) is 11.6 Å². The highest BCUT2D eigenvalue weighted by Gasteiger charge is 2.22. The lowest BCUT2D eigenvalue weighted by Crippen LogP contribution is -2.13. The number of methoxy groups -OCH3 is 1. The van der Waals surface area contributed by atoms with E-state index in [4.69, 9.17) is 9.47 Å². The van der Waals surface area contributed by atoms with E-state index in [1.165, 1.54) is 0 Å². The maximum absolute atomic E-state index is 12.9. The van der Waals surface area contributed by atoms with E-state index in [9.17, 15) is 4.79 Å². The number of aromatic nitrogens is 1. The van der Waals surface area contributed by atoms with Gasteiger partial charge in [0.15, 0.2) is 0 Å². The fraction of sp³-hybridized carbons (Fsp3) is 0.211. The summed E-state index contributed by atoms with van der Waals surface area (Å²) in [6.45, 7) is 2.39. The number of fused-ring (bicyclic) bond motifs is 1. The molecule has 1 aromatic heterocycles. The summed E-state index contributed by atoms with van der Waals surface area (Å²) >= 11 is 0. The first-order valence-corrected chi connectivity index (χ1v) is 7.81. The van der Waals surface area contributed by atoms with Crippen LogP contribution in [0.2, 0.25) is 0 Å². The number of anilines is 1. The summed E-state index contributed by atoms with van der Waals surface area (Å²) in [6, 6.07) is 15.0. The number of para-hydroxylation sites is 1. The van der Waals surface area contributed by atoms with E-state index < -0.39 is 0 Å². The molecule has 1 heterocycles. The second-order valence-corrected chi connectivity index (χ2v) is 5.38. The number of amides is 1. The predicted octanol–water partition coefficient (Wildman–Crippen LogP) is 3.84. The fourth-order valence-electron chi connectivity index (χ4n) is 2.79. The molecule has 124 valence electrons. The molecule has 0 fully saturated rings. The maximum Gasteiger partial charge on any atom is 0.261 e. The van der Waals surface area contributed by atoms with Gasteiger partial charge in [0.25, 0.3) is 5.91 Å². The molecule has 0 aliphatic heterocycles. The Balaban J connectivity index is 2.04. The Hall–Kier alpha value is -2.95. The van der Waals surface area contributed by atoms with E-state index in [0.717, 1.165) is 10.9 Å². The summed E-state index contributed by atoms with van der Waals surface area (Å²) in [6.07, 6.45) is 0. The Labute approximate surface area is 140 Å². The number of nitrogens with zero attached hydrogens (tertiary/aromatic N) is 1. The third kappa shape index (κ3) is 2.80. The van der Waals surface area contributed by atoms with Gasteiger partial charge in [0, 0.05) is 24.2 Å². The summed E-state index contributed by atoms with van der Waals surface area (Å²) in [5.41, 5.74) is 2.17. The minimum Gasteiger partial charge on any atom is -0.497 e. The van der Waals surface area contributed by atoms with Crippen LogP contribution in [0.1, 0.15) is 17.3 Å². The SMILES string of the molecule is CCOc1c(C(=O)Nc2cccc(OC)c2)c2ccccc2n1C. The van der Waals surface area contributed by atoms with Gasteiger partial charge in [0.2, 0.25) is 5.88 Å². The first-order chi connectivity index (χ1) is 11.7. The molecule has 0 bridgehead atoms. The number of ether oxygens (including phenoxy) is 2. The molecule has 24 heavy (non-hydrogen) atoms. The standard InChI is InChI=1S/C19H20N2O3/c1-4-24-19-17(15-10-5-6-11-16(15)21(19)2)18(22)20-13-8-7-9-14(12-13)23-3/h5-12H,4H2,1-3H3,(H,20,22). The quantitative estimate of drug-likeness (QED) is 0.776. The monoisotopic (exact) mass is 324 g/mol. The molecule has 0 aliphatic rings. The number of carbonyl (C=O) groups is 1. The van der Waals surface area contributed by atoms with E-state index in [1.54, 1.807) is 13.2 Å². The molecule has 2 aromatic carbocycles. The van der Waals surface area contributed by atoms with Gasteiger partial charge in [-0.25, -0.2) is 0 Å². The topological polar surface area (TPSA) is 52.5 Å². The zero-order chi connectivity index (χ0) is 17.1. The zero-order valence-electron chi connectivity index (χ0n) is 14.0. The lowest BCUT2D eigenvalue weighted by molar-refractivity contribution is 0.102. The van der Waals surface area contributed by atoms with Crippen molar-refractivity contribution in [2.45, 2.75) is 6.92 Å². The minimum absolute atomic E-state index is 0.205. The lowest BCUT2D eigenvalue weighted by Gasteiger charge is -2.10. The van der Waals surface area contributed by atoms with Crippen LogP contribution >= 0.6 is 0 Å². The summed E-state index contributed by atoms with van der Waals surface area (Å²) in [7, 11) is 3.49. The van der Waals surface area contributed by atoms with Crippen molar-refractivity contribution in [3.63, 3.8) is 0 Å². The van der Waals surface area contributed by atoms with Crippen LogP contribution in [0.3, 0.4) is 0 Å². The average molecular weight is 324 g/mol. The molecule has 0 aliphatic carbocycles. The second-order valence-electron chi connectivity index (χ2n) is 5.38. The third-order valence-electron chi connectivity index (χ3n) is 3.89. The van der Waals surface area contributed by atoms with E-state index in [0.29, 0.717) is 29.5 Å². The van der Waals surface area contributed by atoms with Gasteiger partial charge < -0.3 is 19.4 Å². The molecule has 1 amide bonds. The van der Waals surface area contributed by atoms with Crippen molar-refractivity contribution in [1.29, 1.82) is 0 Å². The number of nitrogens with one attached hydrogen (secondary N) is 1. The highest BCUT2D eigenvalue weighted by atomic mass is 16.5. The molecule has 5 nitrogen and oxygen atoms in total. The zero-order valence-corrected chi connectivity index (χ0v) is 14.0. The second kappa shape index (κ2) is 6.66. The van der Waals surface area contributed by atoms with E-state index in [-0.39, 0.29) is 5.91 Å². The van der Waals surface area contributed by atoms with Gasteiger partial charge in [-0.1, -0.05) is 24.3 Å². The Kier molecular flexibility index (Phi) is 4.42. The molecule has 3 rings (SSSR count). The number of rotatable bonds is 5. The first kappa shape index (κ1) is 15.9. The number of aryl methyl sites for hydroxylation is 1. The number of benzene rings is 2. The maximum atomic E-state index is 12.9. The first-order valence-electron chi connectivity index (χ1n) is 7.81. The van der Waals surface area contributed by atoms with Gasteiger partial charge in [-0.05, 0) is 25.1 Å². The Morgan fingerprint density at radius 2 is 1.96 bits per heavy atom. The Morgan fingerprint density at radius 1 is 1.17 bits per heavy atom. The summed E-state index contributed by atoms with van der Waals surface area (Å²) in [4.78, 5) is 12.9. The van der Waals surface area contributed by atoms with Gasteiger partial charge in [-0.15, -0.1) is 0 Å². The summed E-state index contributed by atoms with van der Waals surface area (Å²) < 4.78 is 12.8. The molecule has 1 N–H and O–H groups in total. The smallest absolute Gasteiger partial charge is 0.261 e. The number of carbonyl (C=O) groups excluding carboxylic acids is 1. The predicted molar refractivity (Wildman–Crippen MR) is 95.0 cm³/mol. The van der Waals surface area contributed by atoms with Crippen molar-refractivity contribution in [3.05, 3.63) is 54.1 Å². The van der Waals surface area contributed by atoms with Crippen molar-refractivity contribution >= 4 is 22.5 Å². The molecular weight excluding hydrogens is 304 g/mol. The fourth-order valence-corrected chi connectivity index (χ4v) is 2.79. The van der Waals surface area contributed by atoms with E-state index >= 15 is 0 Å². The lowest BCUT2D eigenvalue weighted by atomic mass is 10.1. The largest absolute Gasteiger partial charge is 0.497 e. The molecule has 3 aromatic rings. The van der Waals surface area contributed by atoms with Crippen molar-refractivity contribution in [2.24, 2.45) is 7.05 Å². The normalized spacial score (nSPS) is 10.6. The van der Waals surface area contributed by atoms with E-state index in [2.05, 4.69) is 5.32 Å². The van der Waals surface area contributed by atoms with Crippen molar-refractivity contribution in [1.82, 2.24) is 4.57 Å². The molecule has 0 unspecified atom stereocenters. The minimum atomic E-state index is -0.205. The van der Waals surface area contributed by atoms with Crippen molar-refractivity contribution < 1.29 is 14.3 Å². The van der Waals surface area contributed by atoms with Gasteiger partial charge >= 0.3 is 0 Å². The average Bonchev–Trinajstić information content (AvgIpc) is 2.88. The Morgan fingerprint density at radius 3 is 2.71 bits per heavy atom. The molecule has 0 atom stereocenters. The molecule has 0 saturated heterocycles. The van der Waals surface area contributed by atoms with E-state index in [1.807, 2.05) is 61.0 Å². The van der Waals surface area contributed by atoms with Crippen LogP contribution in [0.4, 0.5) is 5.69 Å². The number of hydrogen-bond acceptors (Lipinski definition) is 3. The molecule has 0 saturated carbocycles. The van der Waals surface area contributed by atoms with Crippen LogP contribution in [0.15, 0.2) is 48.5 Å². The Bertz CT molecular complexity index is 883. The highest BCUT2D eigenvalue weighted by molar-refractivity contribution is 6.15. The molecule has 0 spiro atoms.